The number of nitrogens with one attached hydrogen (secondary N) is 1. The molecule has 0 bridgehead atoms. The summed E-state index contributed by atoms with van der Waals surface area (Å²) in [6.45, 7) is 7.10. The molecule has 3 unspecified atom stereocenters. The highest BCUT2D eigenvalue weighted by atomic mass is 16.3. The van der Waals surface area contributed by atoms with E-state index in [-0.39, 0.29) is 0 Å². The van der Waals surface area contributed by atoms with Gasteiger partial charge in [-0.25, -0.2) is 0 Å². The van der Waals surface area contributed by atoms with Gasteiger partial charge in [-0.15, -0.1) is 0 Å². The van der Waals surface area contributed by atoms with Gasteiger partial charge in [0.05, 0.1) is 5.60 Å². The number of hydrogen-bond donors (Lipinski definition) is 2. The molecule has 0 aromatic heterocycles. The van der Waals surface area contributed by atoms with Crippen molar-refractivity contribution in [2.45, 2.75) is 64.5 Å². The summed E-state index contributed by atoms with van der Waals surface area (Å²) in [4.78, 5) is 0. The highest BCUT2D eigenvalue weighted by Gasteiger charge is 2.26. The lowest BCUT2D eigenvalue weighted by Gasteiger charge is -2.27. The summed E-state index contributed by atoms with van der Waals surface area (Å²) < 4.78 is 0. The summed E-state index contributed by atoms with van der Waals surface area (Å²) in [5, 5.41) is 13.5. The molecule has 1 aliphatic rings. The zero-order valence-corrected chi connectivity index (χ0v) is 9.84. The second-order valence-corrected chi connectivity index (χ2v) is 5.14. The molecule has 1 aliphatic carbocycles. The molecule has 0 aliphatic heterocycles. The lowest BCUT2D eigenvalue weighted by atomic mass is 9.99. The van der Waals surface area contributed by atoms with E-state index in [1.54, 1.807) is 0 Å². The van der Waals surface area contributed by atoms with Gasteiger partial charge in [0.2, 0.25) is 0 Å². The van der Waals surface area contributed by atoms with Crippen LogP contribution in [0.15, 0.2) is 0 Å². The molecule has 0 spiro atoms. The summed E-state index contributed by atoms with van der Waals surface area (Å²) in [5.41, 5.74) is -0.517. The molecule has 84 valence electrons. The predicted octanol–water partition coefficient (Wildman–Crippen LogP) is 2.32. The van der Waals surface area contributed by atoms with Crippen molar-refractivity contribution in [3.63, 3.8) is 0 Å². The van der Waals surface area contributed by atoms with Gasteiger partial charge in [-0.2, -0.15) is 0 Å². The highest BCUT2D eigenvalue weighted by Crippen LogP contribution is 2.25. The van der Waals surface area contributed by atoms with Crippen LogP contribution >= 0.6 is 0 Å². The molecule has 0 heterocycles. The first-order valence-electron chi connectivity index (χ1n) is 6.01. The first kappa shape index (κ1) is 12.0. The van der Waals surface area contributed by atoms with Crippen molar-refractivity contribution in [2.75, 3.05) is 6.54 Å². The van der Waals surface area contributed by atoms with E-state index in [1.165, 1.54) is 19.3 Å². The molecule has 0 aromatic carbocycles. The van der Waals surface area contributed by atoms with Crippen LogP contribution < -0.4 is 5.32 Å². The van der Waals surface area contributed by atoms with Crippen molar-refractivity contribution < 1.29 is 5.11 Å². The molecular weight excluding hydrogens is 174 g/mol. The SMILES string of the molecule is CCCC(C)(O)CNC1CCCC1C. The molecule has 1 rings (SSSR count). The van der Waals surface area contributed by atoms with Gasteiger partial charge in [0.1, 0.15) is 0 Å². The van der Waals surface area contributed by atoms with Crippen molar-refractivity contribution >= 4 is 0 Å². The maximum Gasteiger partial charge on any atom is 0.0743 e. The van der Waals surface area contributed by atoms with Crippen LogP contribution in [0.2, 0.25) is 0 Å². The van der Waals surface area contributed by atoms with Gasteiger partial charge < -0.3 is 10.4 Å². The number of rotatable bonds is 5. The van der Waals surface area contributed by atoms with Crippen molar-refractivity contribution in [3.8, 4) is 0 Å². The van der Waals surface area contributed by atoms with Gasteiger partial charge in [-0.05, 0) is 32.1 Å². The summed E-state index contributed by atoms with van der Waals surface area (Å²) >= 11 is 0. The van der Waals surface area contributed by atoms with Crippen LogP contribution in [-0.4, -0.2) is 23.3 Å². The average Bonchev–Trinajstić information content (AvgIpc) is 2.48. The molecule has 0 radical (unpaired) electrons. The highest BCUT2D eigenvalue weighted by molar-refractivity contribution is 4.84. The Bertz CT molecular complexity index is 168. The van der Waals surface area contributed by atoms with Gasteiger partial charge >= 0.3 is 0 Å². The maximum absolute atomic E-state index is 10.00. The molecule has 3 atom stereocenters. The predicted molar refractivity (Wildman–Crippen MR) is 60.3 cm³/mol. The number of hydrogen-bond acceptors (Lipinski definition) is 2. The minimum Gasteiger partial charge on any atom is -0.389 e. The van der Waals surface area contributed by atoms with E-state index in [9.17, 15) is 5.11 Å². The van der Waals surface area contributed by atoms with Crippen molar-refractivity contribution in [1.29, 1.82) is 0 Å². The third-order valence-electron chi connectivity index (χ3n) is 3.40. The van der Waals surface area contributed by atoms with Gasteiger partial charge in [0.25, 0.3) is 0 Å². The first-order valence-corrected chi connectivity index (χ1v) is 6.01. The van der Waals surface area contributed by atoms with Gasteiger partial charge in [-0.1, -0.05) is 26.7 Å². The Labute approximate surface area is 88.1 Å². The zero-order chi connectivity index (χ0) is 10.6. The lowest BCUT2D eigenvalue weighted by Crippen LogP contribution is -2.43. The Kier molecular flexibility index (Phi) is 4.39. The van der Waals surface area contributed by atoms with Crippen LogP contribution in [0, 0.1) is 5.92 Å². The number of aliphatic hydroxyl groups is 1. The third-order valence-corrected chi connectivity index (χ3v) is 3.40. The smallest absolute Gasteiger partial charge is 0.0743 e. The molecule has 1 saturated carbocycles. The topological polar surface area (TPSA) is 32.3 Å². The Hall–Kier alpha value is -0.0800. The van der Waals surface area contributed by atoms with Crippen molar-refractivity contribution in [3.05, 3.63) is 0 Å². The van der Waals surface area contributed by atoms with Crippen LogP contribution in [0.1, 0.15) is 52.9 Å². The summed E-state index contributed by atoms with van der Waals surface area (Å²) in [6, 6.07) is 0.637. The quantitative estimate of drug-likeness (QED) is 0.712. The van der Waals surface area contributed by atoms with Crippen LogP contribution in [0.3, 0.4) is 0 Å². The molecule has 2 heteroatoms. The summed E-state index contributed by atoms with van der Waals surface area (Å²) in [5.74, 6) is 0.785. The minimum atomic E-state index is -0.517. The van der Waals surface area contributed by atoms with Gasteiger partial charge in [0, 0.05) is 12.6 Å². The van der Waals surface area contributed by atoms with E-state index in [0.717, 1.165) is 25.3 Å². The largest absolute Gasteiger partial charge is 0.389 e. The average molecular weight is 199 g/mol. The van der Waals surface area contributed by atoms with E-state index in [0.29, 0.717) is 6.04 Å². The maximum atomic E-state index is 10.00. The Morgan fingerprint density at radius 3 is 2.64 bits per heavy atom. The normalized spacial score (nSPS) is 31.7. The molecule has 1 fully saturated rings. The first-order chi connectivity index (χ1) is 6.55. The Morgan fingerprint density at radius 2 is 2.14 bits per heavy atom. The van der Waals surface area contributed by atoms with Crippen molar-refractivity contribution in [2.24, 2.45) is 5.92 Å². The lowest BCUT2D eigenvalue weighted by molar-refractivity contribution is 0.0460. The molecule has 2 nitrogen and oxygen atoms in total. The van der Waals surface area contributed by atoms with E-state index in [2.05, 4.69) is 19.2 Å². The zero-order valence-electron chi connectivity index (χ0n) is 9.84. The monoisotopic (exact) mass is 199 g/mol. The fraction of sp³-hybridized carbons (Fsp3) is 1.00. The summed E-state index contributed by atoms with van der Waals surface area (Å²) in [6.07, 6.45) is 5.90. The van der Waals surface area contributed by atoms with Crippen LogP contribution in [0.5, 0.6) is 0 Å². The Balaban J connectivity index is 2.25. The van der Waals surface area contributed by atoms with Gasteiger partial charge in [0.15, 0.2) is 0 Å². The van der Waals surface area contributed by atoms with E-state index in [4.69, 9.17) is 0 Å². The molecule has 0 saturated heterocycles. The second kappa shape index (κ2) is 5.13. The second-order valence-electron chi connectivity index (χ2n) is 5.14. The molecule has 0 aromatic rings. The Morgan fingerprint density at radius 1 is 1.43 bits per heavy atom. The fourth-order valence-electron chi connectivity index (χ4n) is 2.43. The van der Waals surface area contributed by atoms with E-state index < -0.39 is 5.60 Å². The fourth-order valence-corrected chi connectivity index (χ4v) is 2.43. The minimum absolute atomic E-state index is 0.517. The third kappa shape index (κ3) is 3.58. The van der Waals surface area contributed by atoms with Crippen LogP contribution in [0.4, 0.5) is 0 Å². The molecular formula is C12H25NO. The van der Waals surface area contributed by atoms with E-state index >= 15 is 0 Å². The van der Waals surface area contributed by atoms with Crippen LogP contribution in [-0.2, 0) is 0 Å². The summed E-state index contributed by atoms with van der Waals surface area (Å²) in [7, 11) is 0. The van der Waals surface area contributed by atoms with Crippen molar-refractivity contribution in [1.82, 2.24) is 5.32 Å². The van der Waals surface area contributed by atoms with Crippen LogP contribution in [0.25, 0.3) is 0 Å². The molecule has 0 amide bonds. The molecule has 14 heavy (non-hydrogen) atoms. The molecule has 2 N–H and O–H groups in total. The van der Waals surface area contributed by atoms with E-state index in [1.807, 2.05) is 6.92 Å². The standard InChI is InChI=1S/C12H25NO/c1-4-8-12(3,14)9-13-11-7-5-6-10(11)2/h10-11,13-14H,4-9H2,1-3H3. The van der Waals surface area contributed by atoms with Gasteiger partial charge in [-0.3, -0.25) is 0 Å².